The van der Waals surface area contributed by atoms with Crippen LogP contribution >= 0.6 is 0 Å². The average Bonchev–Trinajstić information content (AvgIpc) is 2.84. The largest absolute Gasteiger partial charge is 0.338 e. The molecular weight excluding hydrogens is 204 g/mol. The van der Waals surface area contributed by atoms with E-state index in [0.29, 0.717) is 5.92 Å². The van der Waals surface area contributed by atoms with Gasteiger partial charge in [0.1, 0.15) is 12.7 Å². The quantitative estimate of drug-likeness (QED) is 0.772. The van der Waals surface area contributed by atoms with Crippen molar-refractivity contribution >= 4 is 6.03 Å². The van der Waals surface area contributed by atoms with E-state index in [4.69, 9.17) is 0 Å². The van der Waals surface area contributed by atoms with Crippen LogP contribution in [0, 0.1) is 5.92 Å². The summed E-state index contributed by atoms with van der Waals surface area (Å²) in [5.74, 6) is 0.534. The molecule has 0 fully saturated rings. The van der Waals surface area contributed by atoms with Crippen molar-refractivity contribution < 1.29 is 4.79 Å². The van der Waals surface area contributed by atoms with Gasteiger partial charge in [-0.1, -0.05) is 13.8 Å². The van der Waals surface area contributed by atoms with Crippen molar-refractivity contribution in [1.29, 1.82) is 0 Å². The van der Waals surface area contributed by atoms with Crippen molar-refractivity contribution in [2.45, 2.75) is 20.3 Å². The smallest absolute Gasteiger partial charge is 0.257 e. The minimum Gasteiger partial charge on any atom is -0.257 e. The van der Waals surface area contributed by atoms with E-state index in [9.17, 15) is 4.79 Å². The Bertz CT molecular complexity index is 470. The minimum absolute atomic E-state index is 0.167. The highest BCUT2D eigenvalue weighted by atomic mass is 16.2. The van der Waals surface area contributed by atoms with E-state index < -0.39 is 0 Å². The summed E-state index contributed by atoms with van der Waals surface area (Å²) in [5, 5.41) is 0. The number of carbonyl (C=O) groups is 1. The summed E-state index contributed by atoms with van der Waals surface area (Å²) < 4.78 is 2.89. The van der Waals surface area contributed by atoms with Crippen LogP contribution in [0.4, 0.5) is 4.79 Å². The van der Waals surface area contributed by atoms with Gasteiger partial charge in [-0.25, -0.2) is 14.8 Å². The second kappa shape index (κ2) is 4.30. The van der Waals surface area contributed by atoms with Crippen LogP contribution in [0.2, 0.25) is 0 Å². The Kier molecular flexibility index (Phi) is 2.85. The zero-order chi connectivity index (χ0) is 11.5. The molecule has 0 bridgehead atoms. The van der Waals surface area contributed by atoms with E-state index in [1.807, 2.05) is 0 Å². The van der Waals surface area contributed by atoms with E-state index in [2.05, 4.69) is 23.8 Å². The zero-order valence-corrected chi connectivity index (χ0v) is 9.37. The second-order valence-electron chi connectivity index (χ2n) is 4.12. The summed E-state index contributed by atoms with van der Waals surface area (Å²) in [6.45, 7) is 4.24. The van der Waals surface area contributed by atoms with E-state index in [-0.39, 0.29) is 6.03 Å². The van der Waals surface area contributed by atoms with E-state index in [1.54, 1.807) is 24.9 Å². The van der Waals surface area contributed by atoms with Gasteiger partial charge in [0.2, 0.25) is 0 Å². The third-order valence-electron chi connectivity index (χ3n) is 2.20. The van der Waals surface area contributed by atoms with Gasteiger partial charge in [0.05, 0.1) is 5.69 Å². The van der Waals surface area contributed by atoms with Gasteiger partial charge in [-0.05, 0) is 12.3 Å². The topological polar surface area (TPSA) is 52.7 Å². The molecule has 0 radical (unpaired) electrons. The van der Waals surface area contributed by atoms with Crippen molar-refractivity contribution in [1.82, 2.24) is 19.1 Å². The Morgan fingerprint density at radius 3 is 2.81 bits per heavy atom. The Morgan fingerprint density at radius 2 is 2.19 bits per heavy atom. The lowest BCUT2D eigenvalue weighted by Crippen LogP contribution is -2.15. The monoisotopic (exact) mass is 218 g/mol. The summed E-state index contributed by atoms with van der Waals surface area (Å²) in [7, 11) is 0. The molecule has 0 unspecified atom stereocenters. The molecule has 0 atom stereocenters. The number of nitrogens with zero attached hydrogens (tertiary/aromatic N) is 4. The maximum atomic E-state index is 11.9. The van der Waals surface area contributed by atoms with Gasteiger partial charge in [-0.15, -0.1) is 0 Å². The maximum Gasteiger partial charge on any atom is 0.338 e. The fourth-order valence-electron chi connectivity index (χ4n) is 1.50. The Morgan fingerprint density at radius 1 is 1.38 bits per heavy atom. The molecule has 2 rings (SSSR count). The SMILES string of the molecule is CC(C)Cc1cn(C(=O)n2ccnc2)cn1. The van der Waals surface area contributed by atoms with Crippen LogP contribution < -0.4 is 0 Å². The highest BCUT2D eigenvalue weighted by Gasteiger charge is 2.08. The third-order valence-corrected chi connectivity index (χ3v) is 2.20. The summed E-state index contributed by atoms with van der Waals surface area (Å²) in [6.07, 6.45) is 8.85. The van der Waals surface area contributed by atoms with Gasteiger partial charge in [0.15, 0.2) is 0 Å². The number of aromatic nitrogens is 4. The van der Waals surface area contributed by atoms with Gasteiger partial charge >= 0.3 is 6.03 Å². The van der Waals surface area contributed by atoms with Crippen LogP contribution in [0.25, 0.3) is 0 Å². The molecule has 0 saturated carbocycles. The summed E-state index contributed by atoms with van der Waals surface area (Å²) >= 11 is 0. The minimum atomic E-state index is -0.167. The van der Waals surface area contributed by atoms with Crippen LogP contribution in [0.5, 0.6) is 0 Å². The lowest BCUT2D eigenvalue weighted by molar-refractivity contribution is 0.244. The Labute approximate surface area is 93.8 Å². The van der Waals surface area contributed by atoms with Gasteiger partial charge in [0.25, 0.3) is 0 Å². The van der Waals surface area contributed by atoms with Crippen LogP contribution in [-0.2, 0) is 6.42 Å². The van der Waals surface area contributed by atoms with Crippen molar-refractivity contribution in [2.24, 2.45) is 5.92 Å². The number of carbonyl (C=O) groups excluding carboxylic acids is 1. The molecular formula is C11H14N4O. The highest BCUT2D eigenvalue weighted by Crippen LogP contribution is 2.05. The van der Waals surface area contributed by atoms with Crippen LogP contribution in [0.15, 0.2) is 31.2 Å². The zero-order valence-electron chi connectivity index (χ0n) is 9.37. The fourth-order valence-corrected chi connectivity index (χ4v) is 1.50. The van der Waals surface area contributed by atoms with Gasteiger partial charge in [0, 0.05) is 18.6 Å². The Balaban J connectivity index is 2.16. The van der Waals surface area contributed by atoms with Crippen LogP contribution in [0.3, 0.4) is 0 Å². The normalized spacial score (nSPS) is 10.9. The molecule has 0 spiro atoms. The molecule has 2 aromatic rings. The molecule has 2 heterocycles. The molecule has 0 saturated heterocycles. The van der Waals surface area contributed by atoms with Crippen LogP contribution in [-0.4, -0.2) is 25.1 Å². The molecule has 0 aliphatic heterocycles. The molecule has 5 nitrogen and oxygen atoms in total. The summed E-state index contributed by atoms with van der Waals surface area (Å²) in [4.78, 5) is 19.9. The van der Waals surface area contributed by atoms with Gasteiger partial charge in [-0.2, -0.15) is 0 Å². The lowest BCUT2D eigenvalue weighted by Gasteiger charge is -2.00. The molecule has 2 aromatic heterocycles. The molecule has 5 heteroatoms. The van der Waals surface area contributed by atoms with E-state index in [1.165, 1.54) is 15.5 Å². The Hall–Kier alpha value is -1.91. The molecule has 0 amide bonds. The van der Waals surface area contributed by atoms with Crippen molar-refractivity contribution in [2.75, 3.05) is 0 Å². The third kappa shape index (κ3) is 2.18. The van der Waals surface area contributed by atoms with Crippen molar-refractivity contribution in [3.8, 4) is 0 Å². The van der Waals surface area contributed by atoms with Crippen molar-refractivity contribution in [3.05, 3.63) is 36.9 Å². The maximum absolute atomic E-state index is 11.9. The molecule has 0 aromatic carbocycles. The first-order valence-electron chi connectivity index (χ1n) is 5.22. The van der Waals surface area contributed by atoms with Gasteiger partial charge in [-0.3, -0.25) is 9.13 Å². The predicted molar refractivity (Wildman–Crippen MR) is 59.2 cm³/mol. The predicted octanol–water partition coefficient (Wildman–Crippen LogP) is 1.79. The molecule has 0 aliphatic rings. The van der Waals surface area contributed by atoms with Crippen molar-refractivity contribution in [3.63, 3.8) is 0 Å². The molecule has 0 aliphatic carbocycles. The first kappa shape index (κ1) is 10.6. The fraction of sp³-hybridized carbons (Fsp3) is 0.364. The van der Waals surface area contributed by atoms with E-state index >= 15 is 0 Å². The summed E-state index contributed by atoms with van der Waals surface area (Å²) in [6, 6.07) is -0.167. The second-order valence-corrected chi connectivity index (χ2v) is 4.12. The number of rotatable bonds is 2. The van der Waals surface area contributed by atoms with Gasteiger partial charge < -0.3 is 0 Å². The number of imidazole rings is 2. The highest BCUT2D eigenvalue weighted by molar-refractivity contribution is 5.78. The summed E-state index contributed by atoms with van der Waals surface area (Å²) in [5.41, 5.74) is 0.934. The van der Waals surface area contributed by atoms with E-state index in [0.717, 1.165) is 12.1 Å². The molecule has 84 valence electrons. The first-order chi connectivity index (χ1) is 7.66. The standard InChI is InChI=1S/C11H14N4O/c1-9(2)5-10-6-15(8-13-10)11(16)14-4-3-12-7-14/h3-4,6-9H,5H2,1-2H3. The first-order valence-corrected chi connectivity index (χ1v) is 5.22. The molecule has 16 heavy (non-hydrogen) atoms. The van der Waals surface area contributed by atoms with Crippen LogP contribution in [0.1, 0.15) is 19.5 Å². The number of hydrogen-bond donors (Lipinski definition) is 0. The molecule has 0 N–H and O–H groups in total. The number of hydrogen-bond acceptors (Lipinski definition) is 3. The lowest BCUT2D eigenvalue weighted by atomic mass is 10.1. The average molecular weight is 218 g/mol.